The number of carbonyl (C=O) groups is 4. The molecule has 194 valence electrons. The van der Waals surface area contributed by atoms with Crippen molar-refractivity contribution >= 4 is 23.9 Å². The zero-order valence-electron chi connectivity index (χ0n) is 19.7. The van der Waals surface area contributed by atoms with E-state index in [1.165, 1.54) is 0 Å². The molecule has 6 N–H and O–H groups in total. The maximum atomic E-state index is 12.7. The van der Waals surface area contributed by atoms with Crippen LogP contribution in [0, 0.1) is 0 Å². The number of ether oxygens (including phenoxy) is 3. The summed E-state index contributed by atoms with van der Waals surface area (Å²) in [7, 11) is 0. The standard InChI is InChI=1S/C24H35N3O8/c25-12-5-9-18-24(32)35-20(15-33-21(28)10-4-8-16-6-2-1-3-7-16)19(11-13-27-18)34-22(29)14-17(26)23(30)31/h1-3,6-7,17-20,27H,4-5,8-15,25-26H2,(H,30,31)/t17-,18-,19?,20?/m0/s1. The molecule has 0 amide bonds. The van der Waals surface area contributed by atoms with Gasteiger partial charge in [0.2, 0.25) is 0 Å². The Bertz CT molecular complexity index is 835. The summed E-state index contributed by atoms with van der Waals surface area (Å²) in [6.07, 6.45) is 0.305. The fraction of sp³-hybridized carbons (Fsp3) is 0.583. The smallest absolute Gasteiger partial charge is 0.323 e. The van der Waals surface area contributed by atoms with Crippen LogP contribution >= 0.6 is 0 Å². The van der Waals surface area contributed by atoms with Crippen molar-refractivity contribution in [2.24, 2.45) is 11.5 Å². The molecule has 0 radical (unpaired) electrons. The van der Waals surface area contributed by atoms with Gasteiger partial charge in [-0.15, -0.1) is 0 Å². The van der Waals surface area contributed by atoms with Crippen molar-refractivity contribution in [2.75, 3.05) is 19.7 Å². The molecule has 11 heteroatoms. The molecule has 35 heavy (non-hydrogen) atoms. The van der Waals surface area contributed by atoms with Crippen LogP contribution in [-0.4, -0.2) is 73.0 Å². The van der Waals surface area contributed by atoms with Crippen molar-refractivity contribution in [3.63, 3.8) is 0 Å². The average molecular weight is 494 g/mol. The molecule has 1 aliphatic heterocycles. The lowest BCUT2D eigenvalue weighted by atomic mass is 10.1. The summed E-state index contributed by atoms with van der Waals surface area (Å²) in [6.45, 7) is 0.455. The van der Waals surface area contributed by atoms with Crippen LogP contribution in [0.5, 0.6) is 0 Å². The monoisotopic (exact) mass is 493 g/mol. The molecule has 1 aromatic carbocycles. The first-order valence-corrected chi connectivity index (χ1v) is 11.8. The molecular weight excluding hydrogens is 458 g/mol. The van der Waals surface area contributed by atoms with E-state index in [0.717, 1.165) is 5.56 Å². The first kappa shape index (κ1) is 28.2. The van der Waals surface area contributed by atoms with Gasteiger partial charge in [-0.05, 0) is 44.3 Å². The van der Waals surface area contributed by atoms with Crippen LogP contribution < -0.4 is 16.8 Å². The summed E-state index contributed by atoms with van der Waals surface area (Å²) in [5.41, 5.74) is 12.1. The van der Waals surface area contributed by atoms with Gasteiger partial charge in [0, 0.05) is 12.8 Å². The highest BCUT2D eigenvalue weighted by Gasteiger charge is 2.35. The number of nitrogens with two attached hydrogens (primary N) is 2. The number of hydrogen-bond donors (Lipinski definition) is 4. The molecule has 1 saturated heterocycles. The third kappa shape index (κ3) is 10.4. The Balaban J connectivity index is 1.96. The topological polar surface area (TPSA) is 180 Å². The second-order valence-corrected chi connectivity index (χ2v) is 8.40. The number of carboxylic acids is 1. The number of aryl methyl sites for hydroxylation is 1. The van der Waals surface area contributed by atoms with Gasteiger partial charge in [0.25, 0.3) is 0 Å². The third-order valence-electron chi connectivity index (χ3n) is 5.57. The minimum Gasteiger partial charge on any atom is -0.480 e. The normalized spacial score (nSPS) is 21.2. The molecule has 0 bridgehead atoms. The first-order chi connectivity index (χ1) is 16.8. The predicted molar refractivity (Wildman–Crippen MR) is 125 cm³/mol. The van der Waals surface area contributed by atoms with Crippen molar-refractivity contribution in [3.8, 4) is 0 Å². The zero-order valence-corrected chi connectivity index (χ0v) is 19.7. The number of esters is 3. The largest absolute Gasteiger partial charge is 0.480 e. The summed E-state index contributed by atoms with van der Waals surface area (Å²) in [5.74, 6) is -3.21. The third-order valence-corrected chi connectivity index (χ3v) is 5.57. The Morgan fingerprint density at radius 2 is 1.91 bits per heavy atom. The van der Waals surface area contributed by atoms with E-state index in [1.807, 2.05) is 30.3 Å². The maximum absolute atomic E-state index is 12.7. The minimum atomic E-state index is -1.42. The maximum Gasteiger partial charge on any atom is 0.323 e. The summed E-state index contributed by atoms with van der Waals surface area (Å²) in [5, 5.41) is 12.0. The average Bonchev–Trinajstić information content (AvgIpc) is 2.82. The van der Waals surface area contributed by atoms with Crippen LogP contribution in [0.2, 0.25) is 0 Å². The highest BCUT2D eigenvalue weighted by atomic mass is 16.6. The van der Waals surface area contributed by atoms with E-state index < -0.39 is 54.6 Å². The van der Waals surface area contributed by atoms with Gasteiger partial charge >= 0.3 is 23.9 Å². The van der Waals surface area contributed by atoms with Crippen LogP contribution in [0.4, 0.5) is 0 Å². The van der Waals surface area contributed by atoms with Crippen LogP contribution in [0.25, 0.3) is 0 Å². The Morgan fingerprint density at radius 1 is 1.17 bits per heavy atom. The fourth-order valence-corrected chi connectivity index (χ4v) is 3.61. The van der Waals surface area contributed by atoms with Gasteiger partial charge in [0.15, 0.2) is 6.10 Å². The van der Waals surface area contributed by atoms with E-state index in [0.29, 0.717) is 38.8 Å². The Kier molecular flexibility index (Phi) is 12.2. The van der Waals surface area contributed by atoms with E-state index in [2.05, 4.69) is 5.32 Å². The summed E-state index contributed by atoms with van der Waals surface area (Å²) in [4.78, 5) is 48.1. The Labute approximate surface area is 204 Å². The first-order valence-electron chi connectivity index (χ1n) is 11.8. The summed E-state index contributed by atoms with van der Waals surface area (Å²) in [6, 6.07) is 7.72. The van der Waals surface area contributed by atoms with E-state index in [1.54, 1.807) is 0 Å². The van der Waals surface area contributed by atoms with Crippen molar-refractivity contribution in [1.29, 1.82) is 0 Å². The van der Waals surface area contributed by atoms with Crippen LogP contribution in [0.1, 0.15) is 44.1 Å². The molecule has 0 saturated carbocycles. The minimum absolute atomic E-state index is 0.175. The van der Waals surface area contributed by atoms with E-state index in [4.69, 9.17) is 30.8 Å². The molecule has 1 aromatic rings. The number of carbonyl (C=O) groups excluding carboxylic acids is 3. The van der Waals surface area contributed by atoms with E-state index in [-0.39, 0.29) is 19.4 Å². The van der Waals surface area contributed by atoms with Crippen molar-refractivity contribution in [3.05, 3.63) is 35.9 Å². The van der Waals surface area contributed by atoms with Gasteiger partial charge in [-0.2, -0.15) is 0 Å². The number of cyclic esters (lactones) is 1. The molecule has 2 unspecified atom stereocenters. The van der Waals surface area contributed by atoms with Gasteiger partial charge < -0.3 is 36.1 Å². The second kappa shape index (κ2) is 15.1. The van der Waals surface area contributed by atoms with Gasteiger partial charge in [-0.1, -0.05) is 30.3 Å². The second-order valence-electron chi connectivity index (χ2n) is 8.40. The fourth-order valence-electron chi connectivity index (χ4n) is 3.61. The predicted octanol–water partition coefficient (Wildman–Crippen LogP) is 0.279. The molecule has 0 spiro atoms. The van der Waals surface area contributed by atoms with Crippen LogP contribution in [0.3, 0.4) is 0 Å². The molecule has 11 nitrogen and oxygen atoms in total. The number of hydrogen-bond acceptors (Lipinski definition) is 10. The molecule has 1 heterocycles. The molecular formula is C24H35N3O8. The molecule has 4 atom stereocenters. The lowest BCUT2D eigenvalue weighted by molar-refractivity contribution is -0.180. The Morgan fingerprint density at radius 3 is 2.60 bits per heavy atom. The lowest BCUT2D eigenvalue weighted by Gasteiger charge is -2.31. The van der Waals surface area contributed by atoms with Crippen LogP contribution in [-0.2, 0) is 39.8 Å². The highest BCUT2D eigenvalue weighted by Crippen LogP contribution is 2.17. The van der Waals surface area contributed by atoms with Gasteiger partial charge in [-0.25, -0.2) is 0 Å². The van der Waals surface area contributed by atoms with Gasteiger partial charge in [0.05, 0.1) is 6.42 Å². The SMILES string of the molecule is NCCC[C@@H]1NCCC(OC(=O)C[C@H](N)C(=O)O)C(COC(=O)CCCc2ccccc2)OC1=O. The van der Waals surface area contributed by atoms with Gasteiger partial charge in [-0.3, -0.25) is 19.2 Å². The summed E-state index contributed by atoms with van der Waals surface area (Å²) >= 11 is 0. The van der Waals surface area contributed by atoms with E-state index >= 15 is 0 Å². The van der Waals surface area contributed by atoms with Crippen LogP contribution in [0.15, 0.2) is 30.3 Å². The summed E-state index contributed by atoms with van der Waals surface area (Å²) < 4.78 is 16.3. The number of carboxylic acid groups (broad SMARTS) is 1. The van der Waals surface area contributed by atoms with Crippen molar-refractivity contribution in [2.45, 2.75) is 69.2 Å². The zero-order chi connectivity index (χ0) is 25.6. The molecule has 2 rings (SSSR count). The van der Waals surface area contributed by atoms with E-state index in [9.17, 15) is 19.2 Å². The van der Waals surface area contributed by atoms with Crippen molar-refractivity contribution in [1.82, 2.24) is 5.32 Å². The number of nitrogens with one attached hydrogen (secondary N) is 1. The molecule has 1 aliphatic rings. The molecule has 0 aromatic heterocycles. The lowest BCUT2D eigenvalue weighted by Crippen LogP contribution is -2.50. The highest BCUT2D eigenvalue weighted by molar-refractivity contribution is 5.81. The number of aliphatic carboxylic acids is 1. The number of benzene rings is 1. The molecule has 0 aliphatic carbocycles. The van der Waals surface area contributed by atoms with Gasteiger partial charge in [0.1, 0.15) is 24.8 Å². The van der Waals surface area contributed by atoms with Crippen molar-refractivity contribution < 1.29 is 38.5 Å². The molecule has 1 fully saturated rings. The quantitative estimate of drug-likeness (QED) is 0.219. The number of rotatable bonds is 13. The Hall–Kier alpha value is -3.02.